The number of hydrogen-bond donors (Lipinski definition) is 1. The van der Waals surface area contributed by atoms with Crippen molar-refractivity contribution in [2.24, 2.45) is 0 Å². The molecule has 1 N–H and O–H groups in total. The second kappa shape index (κ2) is 3.30. The van der Waals surface area contributed by atoms with Gasteiger partial charge in [0.15, 0.2) is 0 Å². The summed E-state index contributed by atoms with van der Waals surface area (Å²) >= 11 is 0. The van der Waals surface area contributed by atoms with E-state index in [4.69, 9.17) is 4.74 Å². The number of rotatable bonds is 3. The lowest BCUT2D eigenvalue weighted by Crippen LogP contribution is -2.36. The lowest BCUT2D eigenvalue weighted by molar-refractivity contribution is 0.131. The summed E-state index contributed by atoms with van der Waals surface area (Å²) < 4.78 is 29.1. The van der Waals surface area contributed by atoms with Crippen molar-refractivity contribution in [1.82, 2.24) is 0 Å². The lowest BCUT2D eigenvalue weighted by atomic mass is 10.3. The molecule has 82 valence electrons. The van der Waals surface area contributed by atoms with E-state index in [1.54, 1.807) is 18.2 Å². The highest BCUT2D eigenvalue weighted by molar-refractivity contribution is 7.93. The Hall–Kier alpha value is -0.910. The summed E-state index contributed by atoms with van der Waals surface area (Å²) in [6.45, 7) is 1.48. The molecule has 0 saturated carbocycles. The molecule has 1 aromatic rings. The minimum atomic E-state index is -3.60. The Morgan fingerprint density at radius 3 is 2.33 bits per heavy atom. The molecule has 0 amide bonds. The van der Waals surface area contributed by atoms with Gasteiger partial charge in [-0.15, -0.1) is 0 Å². The normalized spacial score (nSPS) is 27.3. The quantitative estimate of drug-likeness (QED) is 0.768. The van der Waals surface area contributed by atoms with Gasteiger partial charge in [-0.2, -0.15) is 0 Å². The molecular formula is C10H12O4S. The van der Waals surface area contributed by atoms with Crippen LogP contribution in [0.2, 0.25) is 0 Å². The summed E-state index contributed by atoms with van der Waals surface area (Å²) in [7, 11) is -3.60. The average Bonchev–Trinajstić information content (AvgIpc) is 3.00. The van der Waals surface area contributed by atoms with Crippen LogP contribution in [0.25, 0.3) is 0 Å². The molecule has 1 aromatic carbocycles. The van der Waals surface area contributed by atoms with E-state index in [9.17, 15) is 13.5 Å². The van der Waals surface area contributed by atoms with Crippen molar-refractivity contribution in [2.45, 2.75) is 22.9 Å². The first-order valence-electron chi connectivity index (χ1n) is 4.62. The van der Waals surface area contributed by atoms with Crippen LogP contribution in [0, 0.1) is 0 Å². The number of sulfone groups is 1. The van der Waals surface area contributed by atoms with Gasteiger partial charge < -0.3 is 9.84 Å². The largest absolute Gasteiger partial charge is 0.389 e. The van der Waals surface area contributed by atoms with Crippen molar-refractivity contribution in [3.8, 4) is 0 Å². The molecule has 1 fully saturated rings. The van der Waals surface area contributed by atoms with Gasteiger partial charge in [-0.05, 0) is 19.1 Å². The van der Waals surface area contributed by atoms with Crippen molar-refractivity contribution in [1.29, 1.82) is 0 Å². The van der Waals surface area contributed by atoms with Gasteiger partial charge in [-0.1, -0.05) is 18.2 Å². The first-order chi connectivity index (χ1) is 7.01. The molecule has 0 spiro atoms. The summed E-state index contributed by atoms with van der Waals surface area (Å²) in [6.07, 6.45) is -1.03. The van der Waals surface area contributed by atoms with E-state index in [1.165, 1.54) is 19.1 Å². The smallest absolute Gasteiger partial charge is 0.222 e. The van der Waals surface area contributed by atoms with E-state index in [0.717, 1.165) is 0 Å². The van der Waals surface area contributed by atoms with Crippen LogP contribution >= 0.6 is 0 Å². The first kappa shape index (κ1) is 10.6. The van der Waals surface area contributed by atoms with Gasteiger partial charge >= 0.3 is 0 Å². The van der Waals surface area contributed by atoms with Crippen molar-refractivity contribution in [3.63, 3.8) is 0 Å². The van der Waals surface area contributed by atoms with Gasteiger partial charge in [0.25, 0.3) is 0 Å². The molecule has 1 aliphatic heterocycles. The molecule has 1 saturated heterocycles. The van der Waals surface area contributed by atoms with Crippen molar-refractivity contribution >= 4 is 9.84 Å². The highest BCUT2D eigenvalue weighted by Crippen LogP contribution is 2.40. The fourth-order valence-corrected chi connectivity index (χ4v) is 3.22. The van der Waals surface area contributed by atoms with Gasteiger partial charge in [0.2, 0.25) is 14.8 Å². The zero-order valence-electron chi connectivity index (χ0n) is 8.25. The van der Waals surface area contributed by atoms with Crippen LogP contribution in [-0.2, 0) is 14.6 Å². The van der Waals surface area contributed by atoms with Crippen LogP contribution in [-0.4, -0.2) is 31.2 Å². The molecule has 0 bridgehead atoms. The molecule has 5 heteroatoms. The Balaban J connectivity index is 2.46. The first-order valence-corrected chi connectivity index (χ1v) is 6.11. The molecule has 15 heavy (non-hydrogen) atoms. The summed E-state index contributed by atoms with van der Waals surface area (Å²) in [6, 6.07) is 8.03. The van der Waals surface area contributed by atoms with Crippen LogP contribution in [0.1, 0.15) is 6.92 Å². The number of ether oxygens (including phenoxy) is 1. The van der Waals surface area contributed by atoms with Gasteiger partial charge in [0.1, 0.15) is 0 Å². The highest BCUT2D eigenvalue weighted by atomic mass is 32.2. The van der Waals surface area contributed by atoms with Crippen LogP contribution in [0.3, 0.4) is 0 Å². The maximum absolute atomic E-state index is 12.1. The summed E-state index contributed by atoms with van der Waals surface area (Å²) in [5, 5.41) is 9.44. The summed E-state index contributed by atoms with van der Waals surface area (Å²) in [5.74, 6) is 0. The van der Waals surface area contributed by atoms with E-state index in [-0.39, 0.29) is 11.5 Å². The zero-order valence-corrected chi connectivity index (χ0v) is 9.07. The molecule has 0 radical (unpaired) electrons. The predicted molar refractivity (Wildman–Crippen MR) is 54.0 cm³/mol. The molecule has 0 aromatic heterocycles. The maximum atomic E-state index is 12.1. The van der Waals surface area contributed by atoms with Crippen molar-refractivity contribution in [3.05, 3.63) is 30.3 Å². The molecule has 4 nitrogen and oxygen atoms in total. The number of epoxide rings is 1. The third-order valence-electron chi connectivity index (χ3n) is 2.57. The fraction of sp³-hybridized carbons (Fsp3) is 0.400. The van der Waals surface area contributed by atoms with E-state index in [2.05, 4.69) is 0 Å². The average molecular weight is 228 g/mol. The predicted octanol–water partition coefficient (Wildman–Crippen LogP) is 0.568. The van der Waals surface area contributed by atoms with E-state index >= 15 is 0 Å². The fourth-order valence-electron chi connectivity index (χ4n) is 1.49. The Bertz CT molecular complexity index is 446. The van der Waals surface area contributed by atoms with E-state index in [1.807, 2.05) is 0 Å². The highest BCUT2D eigenvalue weighted by Gasteiger charge is 2.61. The zero-order chi connectivity index (χ0) is 11.1. The molecule has 2 atom stereocenters. The molecule has 1 unspecified atom stereocenters. The second-order valence-electron chi connectivity index (χ2n) is 3.59. The second-order valence-corrected chi connectivity index (χ2v) is 5.76. The Morgan fingerprint density at radius 1 is 1.40 bits per heavy atom. The standard InChI is InChI=1S/C10H12O4S/c1-8(11)10(7-14-10)15(12,13)9-5-3-2-4-6-9/h2-6,8,11H,7H2,1H3/t8?,10-/m1/s1. The maximum Gasteiger partial charge on any atom is 0.222 e. The topological polar surface area (TPSA) is 66.9 Å². The minimum absolute atomic E-state index is 0.0574. The number of aliphatic hydroxyl groups is 1. The lowest BCUT2D eigenvalue weighted by Gasteiger charge is -2.15. The van der Waals surface area contributed by atoms with Crippen LogP contribution in [0.5, 0.6) is 0 Å². The van der Waals surface area contributed by atoms with Gasteiger partial charge in [-0.25, -0.2) is 8.42 Å². The monoisotopic (exact) mass is 228 g/mol. The van der Waals surface area contributed by atoms with Crippen molar-refractivity contribution < 1.29 is 18.3 Å². The Labute approximate surface area is 88.4 Å². The molecule has 1 heterocycles. The summed E-state index contributed by atoms with van der Waals surface area (Å²) in [4.78, 5) is -1.24. The van der Waals surface area contributed by atoms with Gasteiger partial charge in [0.05, 0.1) is 17.6 Å². The molecular weight excluding hydrogens is 216 g/mol. The SMILES string of the molecule is CC(O)[C@]1(S(=O)(=O)c2ccccc2)CO1. The molecule has 2 rings (SSSR count). The van der Waals surface area contributed by atoms with Gasteiger partial charge in [0, 0.05) is 0 Å². The number of benzene rings is 1. The minimum Gasteiger partial charge on any atom is -0.389 e. The third-order valence-corrected chi connectivity index (χ3v) is 4.95. The number of aliphatic hydroxyl groups excluding tert-OH is 1. The van der Waals surface area contributed by atoms with E-state index < -0.39 is 20.9 Å². The third kappa shape index (κ3) is 1.47. The van der Waals surface area contributed by atoms with Crippen molar-refractivity contribution in [2.75, 3.05) is 6.61 Å². The number of hydrogen-bond acceptors (Lipinski definition) is 4. The van der Waals surface area contributed by atoms with E-state index in [0.29, 0.717) is 0 Å². The molecule has 0 aliphatic carbocycles. The Kier molecular flexibility index (Phi) is 2.33. The van der Waals surface area contributed by atoms with Gasteiger partial charge in [-0.3, -0.25) is 0 Å². The van der Waals surface area contributed by atoms with Crippen LogP contribution in [0.15, 0.2) is 35.2 Å². The molecule has 1 aliphatic rings. The summed E-state index contributed by atoms with van der Waals surface area (Å²) in [5.41, 5.74) is 0. The van der Waals surface area contributed by atoms with Crippen LogP contribution < -0.4 is 0 Å². The Morgan fingerprint density at radius 2 is 1.93 bits per heavy atom. The van der Waals surface area contributed by atoms with Crippen LogP contribution in [0.4, 0.5) is 0 Å².